The lowest BCUT2D eigenvalue weighted by molar-refractivity contribution is 0.508. The zero-order valence-electron chi connectivity index (χ0n) is 9.83. The van der Waals surface area contributed by atoms with Crippen molar-refractivity contribution in [3.8, 4) is 0 Å². The largest absolute Gasteiger partial charge is 0.308 e. The highest BCUT2D eigenvalue weighted by Crippen LogP contribution is 2.20. The summed E-state index contributed by atoms with van der Waals surface area (Å²) in [6, 6.07) is 0.566. The van der Waals surface area contributed by atoms with E-state index in [-0.39, 0.29) is 0 Å². The Balaban J connectivity index is 2.02. The Hall–Kier alpha value is -0.800. The third-order valence-corrected chi connectivity index (χ3v) is 3.51. The van der Waals surface area contributed by atoms with Gasteiger partial charge in [-0.15, -0.1) is 0 Å². The molecule has 0 amide bonds. The number of hydrogen-bond acceptors (Lipinski definition) is 2. The van der Waals surface area contributed by atoms with Gasteiger partial charge in [0.05, 0.1) is 16.4 Å². The second-order valence-corrected chi connectivity index (χ2v) is 4.56. The van der Waals surface area contributed by atoms with Crippen LogP contribution in [0.15, 0.2) is 12.2 Å². The molecule has 3 nitrogen and oxygen atoms in total. The summed E-state index contributed by atoms with van der Waals surface area (Å²) < 4.78 is 1.98. The molecule has 0 radical (unpaired) electrons. The van der Waals surface area contributed by atoms with E-state index in [4.69, 9.17) is 11.6 Å². The van der Waals surface area contributed by atoms with E-state index in [9.17, 15) is 0 Å². The molecule has 16 heavy (non-hydrogen) atoms. The molecule has 1 aromatic rings. The van der Waals surface area contributed by atoms with Gasteiger partial charge >= 0.3 is 0 Å². The molecule has 0 unspecified atom stereocenters. The third-order valence-electron chi connectivity index (χ3n) is 3.02. The van der Waals surface area contributed by atoms with Crippen LogP contribution >= 0.6 is 11.6 Å². The van der Waals surface area contributed by atoms with Crippen molar-refractivity contribution in [2.24, 2.45) is 0 Å². The van der Waals surface area contributed by atoms with Gasteiger partial charge in [0.25, 0.3) is 0 Å². The van der Waals surface area contributed by atoms with Crippen molar-refractivity contribution in [3.05, 3.63) is 28.6 Å². The third kappa shape index (κ3) is 2.30. The first kappa shape index (κ1) is 11.7. The van der Waals surface area contributed by atoms with Gasteiger partial charge in [-0.3, -0.25) is 4.68 Å². The van der Waals surface area contributed by atoms with Crippen LogP contribution in [-0.2, 0) is 13.1 Å². The zero-order valence-corrected chi connectivity index (χ0v) is 10.6. The van der Waals surface area contributed by atoms with E-state index in [0.717, 1.165) is 42.3 Å². The average molecular weight is 240 g/mol. The summed E-state index contributed by atoms with van der Waals surface area (Å²) in [6.07, 6.45) is 6.69. The van der Waals surface area contributed by atoms with Crippen molar-refractivity contribution in [3.63, 3.8) is 0 Å². The fourth-order valence-corrected chi connectivity index (χ4v) is 2.26. The number of hydrogen-bond donors (Lipinski definition) is 1. The van der Waals surface area contributed by atoms with E-state index < -0.39 is 0 Å². The molecule has 2 rings (SSSR count). The molecular formula is C12H18ClN3. The van der Waals surface area contributed by atoms with Crippen LogP contribution in [0.3, 0.4) is 0 Å². The lowest BCUT2D eigenvalue weighted by Crippen LogP contribution is -2.27. The summed E-state index contributed by atoms with van der Waals surface area (Å²) in [5, 5.41) is 8.73. The minimum absolute atomic E-state index is 0.566. The summed E-state index contributed by atoms with van der Waals surface area (Å²) in [7, 11) is 0. The Labute approximate surface area is 101 Å². The minimum atomic E-state index is 0.566. The topological polar surface area (TPSA) is 29.9 Å². The zero-order chi connectivity index (χ0) is 11.5. The van der Waals surface area contributed by atoms with E-state index in [1.807, 2.05) is 11.6 Å². The molecule has 0 aromatic carbocycles. The lowest BCUT2D eigenvalue weighted by atomic mass is 10.2. The molecule has 4 heteroatoms. The van der Waals surface area contributed by atoms with Crippen molar-refractivity contribution in [1.29, 1.82) is 0 Å². The van der Waals surface area contributed by atoms with Crippen molar-refractivity contribution >= 4 is 11.6 Å². The molecule has 1 heterocycles. The number of nitrogens with zero attached hydrogens (tertiary/aromatic N) is 2. The number of aryl methyl sites for hydroxylation is 2. The highest BCUT2D eigenvalue weighted by molar-refractivity contribution is 6.31. The smallest absolute Gasteiger partial charge is 0.0860 e. The van der Waals surface area contributed by atoms with Crippen molar-refractivity contribution < 1.29 is 0 Å². The fourth-order valence-electron chi connectivity index (χ4n) is 2.06. The normalized spacial score (nSPS) is 16.2. The van der Waals surface area contributed by atoms with Crippen molar-refractivity contribution in [2.45, 2.75) is 45.8 Å². The number of rotatable bonds is 4. The molecule has 0 saturated heterocycles. The first-order valence-electron chi connectivity index (χ1n) is 5.82. The highest BCUT2D eigenvalue weighted by atomic mass is 35.5. The second kappa shape index (κ2) is 5.02. The Morgan fingerprint density at radius 3 is 2.81 bits per heavy atom. The van der Waals surface area contributed by atoms with Crippen LogP contribution in [0.25, 0.3) is 0 Å². The van der Waals surface area contributed by atoms with Gasteiger partial charge in [-0.2, -0.15) is 5.10 Å². The van der Waals surface area contributed by atoms with Crippen LogP contribution in [0.1, 0.15) is 31.2 Å². The number of halogens is 1. The molecule has 88 valence electrons. The molecule has 1 N–H and O–H groups in total. The van der Waals surface area contributed by atoms with Gasteiger partial charge in [-0.05, 0) is 26.7 Å². The fraction of sp³-hybridized carbons (Fsp3) is 0.583. The second-order valence-electron chi connectivity index (χ2n) is 4.18. The van der Waals surface area contributed by atoms with E-state index >= 15 is 0 Å². The van der Waals surface area contributed by atoms with Gasteiger partial charge in [-0.1, -0.05) is 23.8 Å². The monoisotopic (exact) mass is 239 g/mol. The van der Waals surface area contributed by atoms with Crippen LogP contribution in [0, 0.1) is 6.92 Å². The van der Waals surface area contributed by atoms with E-state index in [1.54, 1.807) is 0 Å². The van der Waals surface area contributed by atoms with Crippen LogP contribution in [-0.4, -0.2) is 15.8 Å². The van der Waals surface area contributed by atoms with Gasteiger partial charge in [0.1, 0.15) is 0 Å². The maximum Gasteiger partial charge on any atom is 0.0860 e. The maximum atomic E-state index is 6.24. The lowest BCUT2D eigenvalue weighted by Gasteiger charge is -2.12. The Bertz CT molecular complexity index is 387. The van der Waals surface area contributed by atoms with Crippen molar-refractivity contribution in [1.82, 2.24) is 15.1 Å². The summed E-state index contributed by atoms with van der Waals surface area (Å²) in [6.45, 7) is 5.71. The molecule has 0 fully saturated rings. The van der Waals surface area contributed by atoms with E-state index in [0.29, 0.717) is 6.04 Å². The molecular weight excluding hydrogens is 222 g/mol. The highest BCUT2D eigenvalue weighted by Gasteiger charge is 2.15. The van der Waals surface area contributed by atoms with Gasteiger partial charge in [0.15, 0.2) is 0 Å². The molecule has 1 aliphatic carbocycles. The maximum absolute atomic E-state index is 6.24. The molecule has 0 atom stereocenters. The average Bonchev–Trinajstić information content (AvgIpc) is 2.87. The van der Waals surface area contributed by atoms with E-state index in [1.165, 1.54) is 0 Å². The van der Waals surface area contributed by atoms with Gasteiger partial charge in [0, 0.05) is 19.1 Å². The standard InChI is InChI=1S/C12H18ClN3/c1-3-16-11(12(13)9(2)15-16)8-14-10-6-4-5-7-10/h4-5,10,14H,3,6-8H2,1-2H3. The molecule has 0 aliphatic heterocycles. The summed E-state index contributed by atoms with van der Waals surface area (Å²) in [5.41, 5.74) is 2.03. The predicted octanol–water partition coefficient (Wildman–Crippen LogP) is 2.67. The van der Waals surface area contributed by atoms with Crippen LogP contribution in [0.5, 0.6) is 0 Å². The number of nitrogens with one attached hydrogen (secondary N) is 1. The van der Waals surface area contributed by atoms with Crippen LogP contribution in [0.2, 0.25) is 5.02 Å². The Kier molecular flexibility index (Phi) is 3.66. The number of aromatic nitrogens is 2. The Morgan fingerprint density at radius 2 is 2.19 bits per heavy atom. The van der Waals surface area contributed by atoms with Crippen LogP contribution in [0.4, 0.5) is 0 Å². The first-order chi connectivity index (χ1) is 7.72. The quantitative estimate of drug-likeness (QED) is 0.819. The van der Waals surface area contributed by atoms with Gasteiger partial charge in [-0.25, -0.2) is 0 Å². The van der Waals surface area contributed by atoms with Crippen LogP contribution < -0.4 is 5.32 Å². The SMILES string of the molecule is CCn1nc(C)c(Cl)c1CNC1CC=CC1. The molecule has 1 aromatic heterocycles. The van der Waals surface area contributed by atoms with E-state index in [2.05, 4.69) is 29.5 Å². The summed E-state index contributed by atoms with van der Waals surface area (Å²) in [4.78, 5) is 0. The van der Waals surface area contributed by atoms with Gasteiger partial charge < -0.3 is 5.32 Å². The molecule has 1 aliphatic rings. The van der Waals surface area contributed by atoms with Crippen molar-refractivity contribution in [2.75, 3.05) is 0 Å². The Morgan fingerprint density at radius 1 is 1.50 bits per heavy atom. The molecule has 0 spiro atoms. The molecule has 0 saturated carbocycles. The molecule has 0 bridgehead atoms. The van der Waals surface area contributed by atoms with Gasteiger partial charge in [0.2, 0.25) is 0 Å². The summed E-state index contributed by atoms with van der Waals surface area (Å²) >= 11 is 6.24. The minimum Gasteiger partial charge on any atom is -0.308 e. The predicted molar refractivity (Wildman–Crippen MR) is 66.6 cm³/mol. The first-order valence-corrected chi connectivity index (χ1v) is 6.20. The summed E-state index contributed by atoms with van der Waals surface area (Å²) in [5.74, 6) is 0.